The van der Waals surface area contributed by atoms with Crippen LogP contribution in [0.3, 0.4) is 0 Å². The van der Waals surface area contributed by atoms with Gasteiger partial charge < -0.3 is 15.5 Å². The van der Waals surface area contributed by atoms with Crippen LogP contribution in [0.4, 0.5) is 0 Å². The van der Waals surface area contributed by atoms with E-state index in [0.717, 1.165) is 11.5 Å². The Labute approximate surface area is 100.0 Å². The molecule has 1 rings (SSSR count). The van der Waals surface area contributed by atoms with Crippen LogP contribution in [0.1, 0.15) is 19.6 Å². The van der Waals surface area contributed by atoms with Gasteiger partial charge in [0.2, 0.25) is 5.91 Å². The van der Waals surface area contributed by atoms with E-state index in [2.05, 4.69) is 5.32 Å². The van der Waals surface area contributed by atoms with Crippen molar-refractivity contribution in [3.63, 3.8) is 0 Å². The lowest BCUT2D eigenvalue weighted by Crippen LogP contribution is -2.31. The molecule has 0 aliphatic heterocycles. The molecular formula is C11H18N2O2S. The highest BCUT2D eigenvalue weighted by Crippen LogP contribution is 2.11. The molecule has 0 fully saturated rings. The standard InChI is InChI=1S/C11H18N2O2S/c1-8(12)7-16-9(2)11(14)13-6-10-4-3-5-15-10/h3-5,8-9H,6-7,12H2,1-2H3,(H,13,14). The van der Waals surface area contributed by atoms with E-state index in [0.29, 0.717) is 6.54 Å². The van der Waals surface area contributed by atoms with Crippen molar-refractivity contribution in [3.05, 3.63) is 24.2 Å². The highest BCUT2D eigenvalue weighted by Gasteiger charge is 2.13. The molecule has 1 amide bonds. The lowest BCUT2D eigenvalue weighted by molar-refractivity contribution is -0.120. The van der Waals surface area contributed by atoms with Gasteiger partial charge in [-0.2, -0.15) is 0 Å². The molecule has 1 aromatic heterocycles. The fourth-order valence-electron chi connectivity index (χ4n) is 1.10. The zero-order chi connectivity index (χ0) is 12.0. The Morgan fingerprint density at radius 3 is 2.94 bits per heavy atom. The SMILES string of the molecule is CC(N)CSC(C)C(=O)NCc1ccco1. The van der Waals surface area contributed by atoms with Gasteiger partial charge in [-0.3, -0.25) is 4.79 Å². The van der Waals surface area contributed by atoms with Crippen molar-refractivity contribution in [3.8, 4) is 0 Å². The number of rotatable bonds is 6. The number of carbonyl (C=O) groups is 1. The minimum Gasteiger partial charge on any atom is -0.467 e. The van der Waals surface area contributed by atoms with Crippen LogP contribution < -0.4 is 11.1 Å². The van der Waals surface area contributed by atoms with Gasteiger partial charge in [0, 0.05) is 11.8 Å². The Morgan fingerprint density at radius 2 is 2.38 bits per heavy atom. The molecule has 4 nitrogen and oxygen atoms in total. The average Bonchev–Trinajstić information content (AvgIpc) is 2.75. The molecule has 16 heavy (non-hydrogen) atoms. The summed E-state index contributed by atoms with van der Waals surface area (Å²) in [7, 11) is 0. The molecule has 5 heteroatoms. The maximum atomic E-state index is 11.6. The first-order valence-corrected chi connectivity index (χ1v) is 6.31. The van der Waals surface area contributed by atoms with Crippen LogP contribution in [-0.2, 0) is 11.3 Å². The fraction of sp³-hybridized carbons (Fsp3) is 0.545. The summed E-state index contributed by atoms with van der Waals surface area (Å²) >= 11 is 1.56. The summed E-state index contributed by atoms with van der Waals surface area (Å²) in [6.07, 6.45) is 1.59. The van der Waals surface area contributed by atoms with Crippen LogP contribution in [0.5, 0.6) is 0 Å². The third-order valence-electron chi connectivity index (χ3n) is 2.00. The number of hydrogen-bond donors (Lipinski definition) is 2. The van der Waals surface area contributed by atoms with E-state index in [-0.39, 0.29) is 17.2 Å². The van der Waals surface area contributed by atoms with Crippen molar-refractivity contribution < 1.29 is 9.21 Å². The molecule has 2 unspecified atom stereocenters. The quantitative estimate of drug-likeness (QED) is 0.790. The summed E-state index contributed by atoms with van der Waals surface area (Å²) in [4.78, 5) is 11.6. The van der Waals surface area contributed by atoms with Gasteiger partial charge in [0.1, 0.15) is 5.76 Å². The number of amides is 1. The molecule has 0 spiro atoms. The Kier molecular flexibility index (Phi) is 5.42. The smallest absolute Gasteiger partial charge is 0.233 e. The van der Waals surface area contributed by atoms with Crippen molar-refractivity contribution in [1.82, 2.24) is 5.32 Å². The summed E-state index contributed by atoms with van der Waals surface area (Å²) < 4.78 is 5.12. The van der Waals surface area contributed by atoms with Crippen molar-refractivity contribution in [1.29, 1.82) is 0 Å². The molecule has 1 aromatic rings. The van der Waals surface area contributed by atoms with Gasteiger partial charge in [-0.25, -0.2) is 0 Å². The Morgan fingerprint density at radius 1 is 1.62 bits per heavy atom. The fourth-order valence-corrected chi connectivity index (χ4v) is 1.93. The Balaban J connectivity index is 2.23. The van der Waals surface area contributed by atoms with Crippen LogP contribution in [0, 0.1) is 0 Å². The summed E-state index contributed by atoms with van der Waals surface area (Å²) in [6.45, 7) is 4.25. The van der Waals surface area contributed by atoms with Gasteiger partial charge in [0.15, 0.2) is 0 Å². The third kappa shape index (κ3) is 4.72. The second-order valence-electron chi connectivity index (χ2n) is 3.75. The molecule has 3 N–H and O–H groups in total. The lowest BCUT2D eigenvalue weighted by Gasteiger charge is -2.12. The van der Waals surface area contributed by atoms with E-state index in [4.69, 9.17) is 10.2 Å². The number of hydrogen-bond acceptors (Lipinski definition) is 4. The molecular weight excluding hydrogens is 224 g/mol. The highest BCUT2D eigenvalue weighted by molar-refractivity contribution is 8.00. The van der Waals surface area contributed by atoms with Crippen LogP contribution in [-0.4, -0.2) is 23.0 Å². The van der Waals surface area contributed by atoms with Crippen LogP contribution in [0.2, 0.25) is 0 Å². The number of thioether (sulfide) groups is 1. The predicted octanol–water partition coefficient (Wildman–Crippen LogP) is 1.36. The minimum absolute atomic E-state index is 0.0158. The molecule has 0 saturated heterocycles. The van der Waals surface area contributed by atoms with E-state index < -0.39 is 0 Å². The predicted molar refractivity (Wildman–Crippen MR) is 66.1 cm³/mol. The van der Waals surface area contributed by atoms with Gasteiger partial charge in [-0.15, -0.1) is 11.8 Å². The summed E-state index contributed by atoms with van der Waals surface area (Å²) in [5.74, 6) is 1.56. The normalized spacial score (nSPS) is 14.4. The van der Waals surface area contributed by atoms with Crippen LogP contribution in [0.25, 0.3) is 0 Å². The molecule has 0 aliphatic carbocycles. The van der Waals surface area contributed by atoms with Crippen molar-refractivity contribution >= 4 is 17.7 Å². The Bertz CT molecular complexity index is 312. The first kappa shape index (κ1) is 13.1. The van der Waals surface area contributed by atoms with E-state index in [1.807, 2.05) is 19.9 Å². The molecule has 0 saturated carbocycles. The van der Waals surface area contributed by atoms with Gasteiger partial charge in [-0.05, 0) is 26.0 Å². The van der Waals surface area contributed by atoms with Crippen molar-refractivity contribution in [2.45, 2.75) is 31.7 Å². The monoisotopic (exact) mass is 242 g/mol. The minimum atomic E-state index is -0.0824. The second kappa shape index (κ2) is 6.60. The molecule has 0 radical (unpaired) electrons. The number of nitrogens with two attached hydrogens (primary N) is 1. The first-order chi connectivity index (χ1) is 7.59. The zero-order valence-corrected chi connectivity index (χ0v) is 10.4. The number of carbonyl (C=O) groups excluding carboxylic acids is 1. The first-order valence-electron chi connectivity index (χ1n) is 5.27. The summed E-state index contributed by atoms with van der Waals surface area (Å²) in [5, 5.41) is 2.73. The van der Waals surface area contributed by atoms with E-state index >= 15 is 0 Å². The van der Waals surface area contributed by atoms with Crippen molar-refractivity contribution in [2.24, 2.45) is 5.73 Å². The molecule has 1 heterocycles. The maximum Gasteiger partial charge on any atom is 0.233 e. The van der Waals surface area contributed by atoms with Gasteiger partial charge in [0.05, 0.1) is 18.1 Å². The van der Waals surface area contributed by atoms with Gasteiger partial charge >= 0.3 is 0 Å². The number of nitrogens with one attached hydrogen (secondary N) is 1. The number of furan rings is 1. The van der Waals surface area contributed by atoms with Gasteiger partial charge in [0.25, 0.3) is 0 Å². The van der Waals surface area contributed by atoms with Crippen LogP contribution in [0.15, 0.2) is 22.8 Å². The molecule has 0 aliphatic rings. The van der Waals surface area contributed by atoms with Crippen LogP contribution >= 0.6 is 11.8 Å². The van der Waals surface area contributed by atoms with E-state index in [1.54, 1.807) is 24.1 Å². The molecule has 2 atom stereocenters. The highest BCUT2D eigenvalue weighted by atomic mass is 32.2. The molecule has 0 bridgehead atoms. The average molecular weight is 242 g/mol. The summed E-state index contributed by atoms with van der Waals surface area (Å²) in [5.41, 5.74) is 5.62. The maximum absolute atomic E-state index is 11.6. The van der Waals surface area contributed by atoms with E-state index in [9.17, 15) is 4.79 Å². The molecule has 90 valence electrons. The lowest BCUT2D eigenvalue weighted by atomic mass is 10.4. The largest absolute Gasteiger partial charge is 0.467 e. The van der Waals surface area contributed by atoms with Crippen molar-refractivity contribution in [2.75, 3.05) is 5.75 Å². The summed E-state index contributed by atoms with van der Waals surface area (Å²) in [6, 6.07) is 3.75. The van der Waals surface area contributed by atoms with Gasteiger partial charge in [-0.1, -0.05) is 0 Å². The zero-order valence-electron chi connectivity index (χ0n) is 9.60. The Hall–Kier alpha value is -0.940. The second-order valence-corrected chi connectivity index (χ2v) is 5.12. The van der Waals surface area contributed by atoms with E-state index in [1.165, 1.54) is 0 Å². The molecule has 0 aromatic carbocycles. The topological polar surface area (TPSA) is 68.3 Å². The third-order valence-corrected chi connectivity index (χ3v) is 3.43.